The Morgan fingerprint density at radius 2 is 1.89 bits per heavy atom. The van der Waals surface area contributed by atoms with Crippen molar-refractivity contribution >= 4 is 28.5 Å². The lowest BCUT2D eigenvalue weighted by molar-refractivity contribution is -0.119. The third kappa shape index (κ3) is 4.28. The van der Waals surface area contributed by atoms with Gasteiger partial charge in [0.2, 0.25) is 0 Å². The lowest BCUT2D eigenvalue weighted by atomic mass is 10.1. The Hall–Kier alpha value is -3.41. The number of nitrogens with one attached hydrogen (secondary N) is 1. The fourth-order valence-corrected chi connectivity index (χ4v) is 2.93. The van der Waals surface area contributed by atoms with E-state index >= 15 is 0 Å². The molecule has 0 spiro atoms. The van der Waals surface area contributed by atoms with Gasteiger partial charge in [0.15, 0.2) is 6.61 Å². The summed E-state index contributed by atoms with van der Waals surface area (Å²) in [5, 5.41) is 3.54. The van der Waals surface area contributed by atoms with E-state index in [-0.39, 0.29) is 12.5 Å². The van der Waals surface area contributed by atoms with E-state index in [0.717, 1.165) is 28.6 Å². The van der Waals surface area contributed by atoms with Crippen LogP contribution in [0.4, 0.5) is 5.69 Å². The molecule has 1 amide bonds. The molecule has 0 atom stereocenters. The SMILES string of the molecule is CCc1ccccc1NC(=O)COC(=O)c1cc2cc(OC)ccc2nc1C. The fourth-order valence-electron chi connectivity index (χ4n) is 2.93. The van der Waals surface area contributed by atoms with E-state index in [4.69, 9.17) is 9.47 Å². The van der Waals surface area contributed by atoms with E-state index in [2.05, 4.69) is 10.3 Å². The summed E-state index contributed by atoms with van der Waals surface area (Å²) in [6.07, 6.45) is 0.793. The van der Waals surface area contributed by atoms with Gasteiger partial charge in [0.05, 0.1) is 23.9 Å². The monoisotopic (exact) mass is 378 g/mol. The summed E-state index contributed by atoms with van der Waals surface area (Å²) in [4.78, 5) is 29.1. The number of para-hydroxylation sites is 1. The maximum absolute atomic E-state index is 12.5. The Morgan fingerprint density at radius 3 is 2.64 bits per heavy atom. The molecule has 0 fully saturated rings. The van der Waals surface area contributed by atoms with Crippen molar-refractivity contribution in [1.29, 1.82) is 0 Å². The number of aromatic nitrogens is 1. The molecule has 6 nitrogen and oxygen atoms in total. The molecule has 0 unspecified atom stereocenters. The molecule has 0 aliphatic heterocycles. The van der Waals surface area contributed by atoms with Gasteiger partial charge in [-0.15, -0.1) is 0 Å². The Bertz CT molecular complexity index is 1030. The summed E-state index contributed by atoms with van der Waals surface area (Å²) in [6, 6.07) is 14.7. The molecule has 0 aliphatic carbocycles. The normalized spacial score (nSPS) is 10.5. The average Bonchev–Trinajstić information content (AvgIpc) is 2.71. The molecule has 0 saturated heterocycles. The van der Waals surface area contributed by atoms with Crippen molar-refractivity contribution in [2.45, 2.75) is 20.3 Å². The van der Waals surface area contributed by atoms with Gasteiger partial charge in [-0.1, -0.05) is 25.1 Å². The first kappa shape index (κ1) is 19.4. The smallest absolute Gasteiger partial charge is 0.340 e. The molecule has 6 heteroatoms. The fraction of sp³-hybridized carbons (Fsp3) is 0.227. The maximum atomic E-state index is 12.5. The van der Waals surface area contributed by atoms with Crippen LogP contribution in [0.3, 0.4) is 0 Å². The van der Waals surface area contributed by atoms with Gasteiger partial charge >= 0.3 is 5.97 Å². The molecular formula is C22H22N2O4. The third-order valence-corrected chi connectivity index (χ3v) is 4.44. The molecule has 1 N–H and O–H groups in total. The summed E-state index contributed by atoms with van der Waals surface area (Å²) in [7, 11) is 1.58. The van der Waals surface area contributed by atoms with Gasteiger partial charge in [0.25, 0.3) is 5.91 Å². The van der Waals surface area contributed by atoms with Gasteiger partial charge < -0.3 is 14.8 Å². The van der Waals surface area contributed by atoms with Crippen LogP contribution in [0, 0.1) is 6.92 Å². The van der Waals surface area contributed by atoms with E-state index in [1.165, 1.54) is 0 Å². The second kappa shape index (κ2) is 8.52. The average molecular weight is 378 g/mol. The van der Waals surface area contributed by atoms with Crippen molar-refractivity contribution in [2.75, 3.05) is 19.0 Å². The van der Waals surface area contributed by atoms with Gasteiger partial charge in [0, 0.05) is 11.1 Å². The van der Waals surface area contributed by atoms with Crippen LogP contribution >= 0.6 is 0 Å². The van der Waals surface area contributed by atoms with Gasteiger partial charge in [-0.05, 0) is 49.2 Å². The van der Waals surface area contributed by atoms with E-state index < -0.39 is 5.97 Å². The Morgan fingerprint density at radius 1 is 1.11 bits per heavy atom. The molecule has 144 valence electrons. The summed E-state index contributed by atoms with van der Waals surface area (Å²) >= 11 is 0. The Balaban J connectivity index is 1.70. The number of amides is 1. The highest BCUT2D eigenvalue weighted by molar-refractivity contribution is 5.98. The van der Waals surface area contributed by atoms with E-state index in [9.17, 15) is 9.59 Å². The summed E-state index contributed by atoms with van der Waals surface area (Å²) < 4.78 is 10.4. The second-order valence-corrected chi connectivity index (χ2v) is 6.31. The summed E-state index contributed by atoms with van der Waals surface area (Å²) in [5.74, 6) is -0.303. The number of aryl methyl sites for hydroxylation is 2. The highest BCUT2D eigenvalue weighted by atomic mass is 16.5. The number of ether oxygens (including phenoxy) is 2. The van der Waals surface area contributed by atoms with Crippen molar-refractivity contribution in [2.24, 2.45) is 0 Å². The second-order valence-electron chi connectivity index (χ2n) is 6.31. The van der Waals surface area contributed by atoms with E-state index in [1.807, 2.05) is 43.3 Å². The number of hydrogen-bond donors (Lipinski definition) is 1. The minimum atomic E-state index is -0.589. The number of anilines is 1. The van der Waals surface area contributed by atoms with Crippen LogP contribution in [0.2, 0.25) is 0 Å². The Labute approximate surface area is 163 Å². The van der Waals surface area contributed by atoms with Gasteiger partial charge in [-0.2, -0.15) is 0 Å². The molecule has 2 aromatic carbocycles. The molecule has 0 radical (unpaired) electrons. The first-order chi connectivity index (χ1) is 13.5. The van der Waals surface area contributed by atoms with Crippen LogP contribution in [-0.4, -0.2) is 30.6 Å². The number of pyridine rings is 1. The molecule has 0 saturated carbocycles. The number of nitrogens with zero attached hydrogens (tertiary/aromatic N) is 1. The molecule has 3 aromatic rings. The van der Waals surface area contributed by atoms with Crippen molar-refractivity contribution in [3.8, 4) is 5.75 Å². The summed E-state index contributed by atoms with van der Waals surface area (Å²) in [6.45, 7) is 3.37. The highest BCUT2D eigenvalue weighted by Crippen LogP contribution is 2.22. The van der Waals surface area contributed by atoms with Gasteiger partial charge in [-0.3, -0.25) is 9.78 Å². The van der Waals surface area contributed by atoms with Crippen molar-refractivity contribution in [3.05, 3.63) is 65.4 Å². The standard InChI is InChI=1S/C22H22N2O4/c1-4-15-7-5-6-8-19(15)24-21(25)13-28-22(26)18-12-16-11-17(27-3)9-10-20(16)23-14(18)2/h5-12H,4,13H2,1-3H3,(H,24,25). The number of rotatable bonds is 6. The number of fused-ring (bicyclic) bond motifs is 1. The predicted octanol–water partition coefficient (Wildman–Crippen LogP) is 3.91. The van der Waals surface area contributed by atoms with Crippen molar-refractivity contribution in [3.63, 3.8) is 0 Å². The maximum Gasteiger partial charge on any atom is 0.340 e. The van der Waals surface area contributed by atoms with Crippen LogP contribution in [0.5, 0.6) is 5.75 Å². The molecular weight excluding hydrogens is 356 g/mol. The number of hydrogen-bond acceptors (Lipinski definition) is 5. The predicted molar refractivity (Wildman–Crippen MR) is 108 cm³/mol. The van der Waals surface area contributed by atoms with Crippen LogP contribution < -0.4 is 10.1 Å². The topological polar surface area (TPSA) is 77.5 Å². The first-order valence-electron chi connectivity index (χ1n) is 9.02. The molecule has 0 aliphatic rings. The molecule has 28 heavy (non-hydrogen) atoms. The van der Waals surface area contributed by atoms with Gasteiger partial charge in [-0.25, -0.2) is 4.79 Å². The lowest BCUT2D eigenvalue weighted by Gasteiger charge is -2.11. The minimum Gasteiger partial charge on any atom is -0.497 e. The van der Waals surface area contributed by atoms with Crippen molar-refractivity contribution in [1.82, 2.24) is 4.98 Å². The third-order valence-electron chi connectivity index (χ3n) is 4.44. The lowest BCUT2D eigenvalue weighted by Crippen LogP contribution is -2.22. The first-order valence-corrected chi connectivity index (χ1v) is 9.02. The van der Waals surface area contributed by atoms with Crippen LogP contribution in [0.1, 0.15) is 28.5 Å². The summed E-state index contributed by atoms with van der Waals surface area (Å²) in [5.41, 5.74) is 3.36. The number of benzene rings is 2. The van der Waals surface area contributed by atoms with E-state index in [1.54, 1.807) is 26.2 Å². The van der Waals surface area contributed by atoms with E-state index in [0.29, 0.717) is 17.0 Å². The molecule has 1 aromatic heterocycles. The molecule has 0 bridgehead atoms. The molecule has 3 rings (SSSR count). The van der Waals surface area contributed by atoms with Crippen LogP contribution in [-0.2, 0) is 16.0 Å². The number of esters is 1. The quantitative estimate of drug-likeness (QED) is 0.658. The largest absolute Gasteiger partial charge is 0.497 e. The zero-order chi connectivity index (χ0) is 20.1. The highest BCUT2D eigenvalue weighted by Gasteiger charge is 2.16. The van der Waals surface area contributed by atoms with Gasteiger partial charge in [0.1, 0.15) is 5.75 Å². The van der Waals surface area contributed by atoms with Crippen molar-refractivity contribution < 1.29 is 19.1 Å². The molecule has 1 heterocycles. The number of methoxy groups -OCH3 is 1. The zero-order valence-corrected chi connectivity index (χ0v) is 16.1. The minimum absolute atomic E-state index is 0.322. The van der Waals surface area contributed by atoms with Crippen LogP contribution in [0.25, 0.3) is 10.9 Å². The Kier molecular flexibility index (Phi) is 5.89. The zero-order valence-electron chi connectivity index (χ0n) is 16.1. The number of carbonyl (C=O) groups excluding carboxylic acids is 2. The van der Waals surface area contributed by atoms with Crippen LogP contribution in [0.15, 0.2) is 48.5 Å². The number of carbonyl (C=O) groups is 2.